The minimum atomic E-state index is -0.911. The number of hydrogen-bond donors (Lipinski definition) is 0. The predicted octanol–water partition coefficient (Wildman–Crippen LogP) is 2.35. The molecule has 2 rings (SSSR count). The lowest BCUT2D eigenvalue weighted by atomic mass is 10.2. The topological polar surface area (TPSA) is 39.2 Å². The number of benzene rings is 1. The first kappa shape index (κ1) is 9.58. The van der Waals surface area contributed by atoms with Gasteiger partial charge in [0.15, 0.2) is 6.29 Å². The van der Waals surface area contributed by atoms with Crippen LogP contribution in [0.2, 0.25) is 0 Å². The molecule has 0 saturated carbocycles. The Kier molecular flexibility index (Phi) is 2.58. The van der Waals surface area contributed by atoms with Crippen molar-refractivity contribution in [3.63, 3.8) is 0 Å². The molecule has 0 atom stereocenters. The van der Waals surface area contributed by atoms with Crippen molar-refractivity contribution in [3.05, 3.63) is 36.0 Å². The number of carbonyl (C=O) groups excluding carboxylic acids is 1. The second-order valence-electron chi connectivity index (χ2n) is 2.94. The van der Waals surface area contributed by atoms with E-state index in [-0.39, 0.29) is 0 Å². The van der Waals surface area contributed by atoms with E-state index in [0.717, 1.165) is 5.39 Å². The fourth-order valence-corrected chi connectivity index (χ4v) is 1.38. The third-order valence-corrected chi connectivity index (χ3v) is 2.04. The summed E-state index contributed by atoms with van der Waals surface area (Å²) in [5, 5.41) is 0.812. The molecule has 3 nitrogen and oxygen atoms in total. The molecule has 76 valence electrons. The zero-order valence-electron chi connectivity index (χ0n) is 7.81. The fraction of sp³-hybridized carbons (Fsp3) is 0.0909. The van der Waals surface area contributed by atoms with E-state index in [0.29, 0.717) is 23.2 Å². The maximum atomic E-state index is 12.1. The Bertz CT molecular complexity index is 499. The van der Waals surface area contributed by atoms with E-state index in [2.05, 4.69) is 4.98 Å². The van der Waals surface area contributed by atoms with Gasteiger partial charge >= 0.3 is 0 Å². The Morgan fingerprint density at radius 2 is 2.20 bits per heavy atom. The molecule has 0 N–H and O–H groups in total. The molecule has 0 amide bonds. The number of rotatable bonds is 3. The highest BCUT2D eigenvalue weighted by Crippen LogP contribution is 2.23. The maximum Gasteiger partial charge on any atom is 0.228 e. The third-order valence-electron chi connectivity index (χ3n) is 2.04. The number of ether oxygens (including phenoxy) is 1. The molecule has 0 unspecified atom stereocenters. The second-order valence-corrected chi connectivity index (χ2v) is 2.94. The van der Waals surface area contributed by atoms with E-state index in [4.69, 9.17) is 4.74 Å². The van der Waals surface area contributed by atoms with E-state index in [1.807, 2.05) is 6.07 Å². The summed E-state index contributed by atoms with van der Waals surface area (Å²) in [5.41, 5.74) is 0.803. The lowest BCUT2D eigenvalue weighted by Gasteiger charge is -2.04. The van der Waals surface area contributed by atoms with Crippen LogP contribution in [0.3, 0.4) is 0 Å². The molecule has 0 spiro atoms. The maximum absolute atomic E-state index is 12.1. The molecule has 1 heterocycles. The van der Waals surface area contributed by atoms with Crippen LogP contribution in [0.4, 0.5) is 4.39 Å². The molecule has 1 aromatic heterocycles. The quantitative estimate of drug-likeness (QED) is 0.722. The number of aromatic nitrogens is 1. The van der Waals surface area contributed by atoms with Gasteiger partial charge in [0.25, 0.3) is 0 Å². The first-order valence-electron chi connectivity index (χ1n) is 4.39. The van der Waals surface area contributed by atoms with Gasteiger partial charge in [0.2, 0.25) is 6.86 Å². The molecule has 15 heavy (non-hydrogen) atoms. The Morgan fingerprint density at radius 1 is 1.33 bits per heavy atom. The van der Waals surface area contributed by atoms with Gasteiger partial charge < -0.3 is 4.74 Å². The number of halogens is 1. The van der Waals surface area contributed by atoms with Crippen LogP contribution in [0.1, 0.15) is 10.5 Å². The number of aldehydes is 1. The van der Waals surface area contributed by atoms with E-state index in [9.17, 15) is 9.18 Å². The van der Waals surface area contributed by atoms with Crippen LogP contribution >= 0.6 is 0 Å². The van der Waals surface area contributed by atoms with Crippen molar-refractivity contribution in [2.45, 2.75) is 0 Å². The minimum Gasteiger partial charge on any atom is -0.461 e. The summed E-state index contributed by atoms with van der Waals surface area (Å²) < 4.78 is 16.8. The summed E-state index contributed by atoms with van der Waals surface area (Å²) in [6.07, 6.45) is 0.645. The zero-order valence-corrected chi connectivity index (χ0v) is 7.81. The minimum absolute atomic E-state index is 0.303. The summed E-state index contributed by atoms with van der Waals surface area (Å²) in [4.78, 5) is 14.6. The number of hydrogen-bond acceptors (Lipinski definition) is 3. The first-order chi connectivity index (χ1) is 7.35. The van der Waals surface area contributed by atoms with Gasteiger partial charge in [-0.3, -0.25) is 4.79 Å². The van der Waals surface area contributed by atoms with Gasteiger partial charge in [-0.15, -0.1) is 0 Å². The molecular weight excluding hydrogens is 197 g/mol. The van der Waals surface area contributed by atoms with Crippen LogP contribution in [0.15, 0.2) is 30.3 Å². The van der Waals surface area contributed by atoms with Gasteiger partial charge in [-0.2, -0.15) is 0 Å². The summed E-state index contributed by atoms with van der Waals surface area (Å²) in [6, 6.07) is 8.53. The number of para-hydroxylation sites is 1. The highest BCUT2D eigenvalue weighted by molar-refractivity contribution is 5.87. The lowest BCUT2D eigenvalue weighted by molar-refractivity contribution is 0.111. The number of pyridine rings is 1. The molecular formula is C11H8FNO2. The average Bonchev–Trinajstić information content (AvgIpc) is 2.29. The number of carbonyl (C=O) groups is 1. The zero-order chi connectivity index (χ0) is 10.7. The van der Waals surface area contributed by atoms with Gasteiger partial charge in [0, 0.05) is 5.39 Å². The first-order valence-corrected chi connectivity index (χ1v) is 4.39. The number of nitrogens with zero attached hydrogens (tertiary/aromatic N) is 1. The molecule has 4 heteroatoms. The molecule has 2 aromatic rings. The van der Waals surface area contributed by atoms with Gasteiger partial charge in [-0.1, -0.05) is 18.2 Å². The largest absolute Gasteiger partial charge is 0.461 e. The number of fused-ring (bicyclic) bond motifs is 1. The molecule has 0 bridgehead atoms. The number of alkyl halides is 1. The lowest BCUT2D eigenvalue weighted by Crippen LogP contribution is -1.94. The van der Waals surface area contributed by atoms with Crippen molar-refractivity contribution in [1.29, 1.82) is 0 Å². The Balaban J connectivity index is 2.64. The van der Waals surface area contributed by atoms with Crippen molar-refractivity contribution in [3.8, 4) is 5.75 Å². The van der Waals surface area contributed by atoms with Gasteiger partial charge in [-0.05, 0) is 12.1 Å². The van der Waals surface area contributed by atoms with Crippen LogP contribution in [-0.4, -0.2) is 18.1 Å². The fourth-order valence-electron chi connectivity index (χ4n) is 1.38. The van der Waals surface area contributed by atoms with Gasteiger partial charge in [0.1, 0.15) is 17.0 Å². The SMILES string of the molecule is O=Cc1ccc2cccc(OCF)c2n1. The van der Waals surface area contributed by atoms with E-state index < -0.39 is 6.86 Å². The summed E-state index contributed by atoms with van der Waals surface area (Å²) in [6.45, 7) is -0.911. The van der Waals surface area contributed by atoms with Crippen LogP contribution in [-0.2, 0) is 0 Å². The molecule has 0 aliphatic rings. The molecule has 0 saturated heterocycles. The molecule has 0 radical (unpaired) electrons. The highest BCUT2D eigenvalue weighted by Gasteiger charge is 2.04. The highest BCUT2D eigenvalue weighted by atomic mass is 19.1. The van der Waals surface area contributed by atoms with Crippen molar-refractivity contribution < 1.29 is 13.9 Å². The van der Waals surface area contributed by atoms with Gasteiger partial charge in [0.05, 0.1) is 0 Å². The third kappa shape index (κ3) is 1.79. The summed E-state index contributed by atoms with van der Waals surface area (Å²) in [7, 11) is 0. The van der Waals surface area contributed by atoms with Crippen molar-refractivity contribution >= 4 is 17.2 Å². The monoisotopic (exact) mass is 205 g/mol. The smallest absolute Gasteiger partial charge is 0.228 e. The predicted molar refractivity (Wildman–Crippen MR) is 53.7 cm³/mol. The van der Waals surface area contributed by atoms with Crippen LogP contribution in [0.25, 0.3) is 10.9 Å². The Morgan fingerprint density at radius 3 is 2.93 bits per heavy atom. The van der Waals surface area contributed by atoms with Gasteiger partial charge in [-0.25, -0.2) is 9.37 Å². The standard InChI is InChI=1S/C11H8FNO2/c12-7-15-10-3-1-2-8-4-5-9(6-14)13-11(8)10/h1-6H,7H2. The van der Waals surface area contributed by atoms with Crippen molar-refractivity contribution in [1.82, 2.24) is 4.98 Å². The molecule has 0 aliphatic heterocycles. The molecule has 0 aliphatic carbocycles. The van der Waals surface area contributed by atoms with Crippen LogP contribution in [0.5, 0.6) is 5.75 Å². The summed E-state index contributed by atoms with van der Waals surface area (Å²) in [5.74, 6) is 0.346. The second kappa shape index (κ2) is 4.04. The van der Waals surface area contributed by atoms with Crippen LogP contribution in [0, 0.1) is 0 Å². The average molecular weight is 205 g/mol. The Labute approximate surface area is 85.5 Å². The van der Waals surface area contributed by atoms with Crippen molar-refractivity contribution in [2.75, 3.05) is 6.86 Å². The van der Waals surface area contributed by atoms with Crippen molar-refractivity contribution in [2.24, 2.45) is 0 Å². The Hall–Kier alpha value is -1.97. The van der Waals surface area contributed by atoms with E-state index in [1.54, 1.807) is 24.3 Å². The molecule has 1 aromatic carbocycles. The van der Waals surface area contributed by atoms with E-state index in [1.165, 1.54) is 0 Å². The normalized spacial score (nSPS) is 10.2. The van der Waals surface area contributed by atoms with Crippen LogP contribution < -0.4 is 4.74 Å². The molecule has 0 fully saturated rings. The van der Waals surface area contributed by atoms with E-state index >= 15 is 0 Å². The summed E-state index contributed by atoms with van der Waals surface area (Å²) >= 11 is 0.